The molecule has 25 heavy (non-hydrogen) atoms. The van der Waals surface area contributed by atoms with Crippen LogP contribution in [0.25, 0.3) is 0 Å². The van der Waals surface area contributed by atoms with Gasteiger partial charge in [0.15, 0.2) is 0 Å². The first kappa shape index (κ1) is 21.1. The van der Waals surface area contributed by atoms with Crippen molar-refractivity contribution in [1.29, 1.82) is 0 Å². The molecule has 1 unspecified atom stereocenters. The number of phenolic OH excluding ortho intramolecular Hbond substituents is 1. The van der Waals surface area contributed by atoms with Crippen molar-refractivity contribution < 1.29 is 14.6 Å². The molecule has 0 spiro atoms. The Hall–Kier alpha value is -1.95. The van der Waals surface area contributed by atoms with Crippen LogP contribution in [0.2, 0.25) is 0 Å². The standard InChI is InChI=1S/C22H32O3/c1-3-5-6-7-8-9-10-11-17-25-22(24)18-20(12-4-2)19-13-15-21(23)16-14-19/h13-16,20,23H,3,5-11,17-18H2,1-2H3. The SMILES string of the molecule is CC#CC(CC(=O)OCCCCCCCCCC)c1ccc(O)cc1. The molecule has 0 radical (unpaired) electrons. The Bertz CT molecular complexity index is 537. The van der Waals surface area contributed by atoms with E-state index in [1.807, 2.05) is 0 Å². The van der Waals surface area contributed by atoms with Gasteiger partial charge >= 0.3 is 5.97 Å². The average molecular weight is 344 g/mol. The maximum atomic E-state index is 12.0. The fourth-order valence-corrected chi connectivity index (χ4v) is 2.78. The fraction of sp³-hybridized carbons (Fsp3) is 0.591. The number of unbranched alkanes of at least 4 members (excludes halogenated alkanes) is 7. The Kier molecular flexibility index (Phi) is 11.3. The predicted molar refractivity (Wildman–Crippen MR) is 102 cm³/mol. The Morgan fingerprint density at radius 3 is 2.24 bits per heavy atom. The molecule has 1 aromatic carbocycles. The van der Waals surface area contributed by atoms with Crippen LogP contribution in [0.3, 0.4) is 0 Å². The molecule has 1 atom stereocenters. The van der Waals surface area contributed by atoms with Gasteiger partial charge in [-0.25, -0.2) is 0 Å². The van der Waals surface area contributed by atoms with Gasteiger partial charge in [0.1, 0.15) is 5.75 Å². The zero-order chi connectivity index (χ0) is 18.3. The number of carbonyl (C=O) groups is 1. The number of aromatic hydroxyl groups is 1. The fourth-order valence-electron chi connectivity index (χ4n) is 2.78. The summed E-state index contributed by atoms with van der Waals surface area (Å²) in [6, 6.07) is 6.84. The van der Waals surface area contributed by atoms with Crippen LogP contribution in [0.5, 0.6) is 5.75 Å². The number of benzene rings is 1. The molecule has 1 N–H and O–H groups in total. The lowest BCUT2D eigenvalue weighted by atomic mass is 9.96. The van der Waals surface area contributed by atoms with E-state index in [1.54, 1.807) is 31.2 Å². The van der Waals surface area contributed by atoms with E-state index in [1.165, 1.54) is 38.5 Å². The van der Waals surface area contributed by atoms with E-state index in [0.717, 1.165) is 18.4 Å². The summed E-state index contributed by atoms with van der Waals surface area (Å²) >= 11 is 0. The molecule has 138 valence electrons. The Morgan fingerprint density at radius 2 is 1.64 bits per heavy atom. The van der Waals surface area contributed by atoms with Gasteiger partial charge in [0.2, 0.25) is 0 Å². The van der Waals surface area contributed by atoms with Gasteiger partial charge < -0.3 is 9.84 Å². The number of carbonyl (C=O) groups excluding carboxylic acids is 1. The molecule has 0 aromatic heterocycles. The van der Waals surface area contributed by atoms with E-state index in [2.05, 4.69) is 18.8 Å². The van der Waals surface area contributed by atoms with Gasteiger partial charge in [-0.15, -0.1) is 5.92 Å². The van der Waals surface area contributed by atoms with E-state index < -0.39 is 0 Å². The Balaban J connectivity index is 2.22. The molecule has 0 heterocycles. The van der Waals surface area contributed by atoms with E-state index in [9.17, 15) is 9.90 Å². The highest BCUT2D eigenvalue weighted by molar-refractivity contribution is 5.71. The monoisotopic (exact) mass is 344 g/mol. The van der Waals surface area contributed by atoms with E-state index in [-0.39, 0.29) is 24.1 Å². The molecule has 1 aromatic rings. The number of hydrogen-bond acceptors (Lipinski definition) is 3. The maximum absolute atomic E-state index is 12.0. The van der Waals surface area contributed by atoms with Gasteiger partial charge in [-0.05, 0) is 31.0 Å². The minimum atomic E-state index is -0.205. The Morgan fingerprint density at radius 1 is 1.04 bits per heavy atom. The third-order valence-corrected chi connectivity index (χ3v) is 4.25. The van der Waals surface area contributed by atoms with Crippen molar-refractivity contribution in [2.45, 2.75) is 77.6 Å². The molecule has 0 amide bonds. The van der Waals surface area contributed by atoms with Crippen LogP contribution >= 0.6 is 0 Å². The molecule has 0 aliphatic rings. The van der Waals surface area contributed by atoms with Crippen molar-refractivity contribution >= 4 is 5.97 Å². The third-order valence-electron chi connectivity index (χ3n) is 4.25. The quantitative estimate of drug-likeness (QED) is 0.306. The lowest BCUT2D eigenvalue weighted by Crippen LogP contribution is -2.10. The normalized spacial score (nSPS) is 11.4. The van der Waals surface area contributed by atoms with Crippen LogP contribution in [-0.2, 0) is 9.53 Å². The molecule has 0 saturated heterocycles. The average Bonchev–Trinajstić information content (AvgIpc) is 2.60. The van der Waals surface area contributed by atoms with Crippen molar-refractivity contribution in [1.82, 2.24) is 0 Å². The summed E-state index contributed by atoms with van der Waals surface area (Å²) < 4.78 is 5.35. The smallest absolute Gasteiger partial charge is 0.307 e. The van der Waals surface area contributed by atoms with Crippen molar-refractivity contribution in [2.75, 3.05) is 6.61 Å². The number of phenols is 1. The van der Waals surface area contributed by atoms with Gasteiger partial charge in [-0.1, -0.05) is 69.9 Å². The van der Waals surface area contributed by atoms with Crippen LogP contribution in [-0.4, -0.2) is 17.7 Å². The van der Waals surface area contributed by atoms with Gasteiger partial charge in [0.05, 0.1) is 18.9 Å². The van der Waals surface area contributed by atoms with Crippen molar-refractivity contribution in [3.8, 4) is 17.6 Å². The molecule has 0 fully saturated rings. The Labute approximate surface area is 152 Å². The number of hydrogen-bond donors (Lipinski definition) is 1. The van der Waals surface area contributed by atoms with Crippen LogP contribution in [0.15, 0.2) is 24.3 Å². The second-order valence-corrected chi connectivity index (χ2v) is 6.44. The van der Waals surface area contributed by atoms with Crippen molar-refractivity contribution in [3.05, 3.63) is 29.8 Å². The highest BCUT2D eigenvalue weighted by atomic mass is 16.5. The molecule has 3 nitrogen and oxygen atoms in total. The summed E-state index contributed by atoms with van der Waals surface area (Å²) in [4.78, 5) is 12.0. The van der Waals surface area contributed by atoms with Crippen molar-refractivity contribution in [2.24, 2.45) is 0 Å². The molecule has 1 rings (SSSR count). The zero-order valence-electron chi connectivity index (χ0n) is 15.7. The van der Waals surface area contributed by atoms with E-state index in [0.29, 0.717) is 6.61 Å². The first-order valence-corrected chi connectivity index (χ1v) is 9.54. The third kappa shape index (κ3) is 9.82. The van der Waals surface area contributed by atoms with Crippen LogP contribution < -0.4 is 0 Å². The van der Waals surface area contributed by atoms with Crippen LogP contribution in [0.4, 0.5) is 0 Å². The molecule has 0 aliphatic carbocycles. The van der Waals surface area contributed by atoms with Gasteiger partial charge in [-0.3, -0.25) is 4.79 Å². The zero-order valence-corrected chi connectivity index (χ0v) is 15.7. The van der Waals surface area contributed by atoms with E-state index >= 15 is 0 Å². The summed E-state index contributed by atoms with van der Waals surface area (Å²) in [6.45, 7) is 4.49. The predicted octanol–water partition coefficient (Wildman–Crippen LogP) is 5.57. The van der Waals surface area contributed by atoms with E-state index in [4.69, 9.17) is 4.74 Å². The maximum Gasteiger partial charge on any atom is 0.307 e. The molecule has 3 heteroatoms. The largest absolute Gasteiger partial charge is 0.508 e. The lowest BCUT2D eigenvalue weighted by Gasteiger charge is -2.11. The van der Waals surface area contributed by atoms with Gasteiger partial charge in [-0.2, -0.15) is 0 Å². The summed E-state index contributed by atoms with van der Waals surface area (Å²) in [5.74, 6) is 5.75. The second-order valence-electron chi connectivity index (χ2n) is 6.44. The number of esters is 1. The molecule has 0 saturated carbocycles. The summed E-state index contributed by atoms with van der Waals surface area (Å²) in [6.07, 6.45) is 10.1. The first-order valence-electron chi connectivity index (χ1n) is 9.54. The second kappa shape index (κ2) is 13.4. The molecule has 0 aliphatic heterocycles. The lowest BCUT2D eigenvalue weighted by molar-refractivity contribution is -0.143. The highest BCUT2D eigenvalue weighted by Gasteiger charge is 2.15. The summed E-state index contributed by atoms with van der Waals surface area (Å²) in [5, 5.41) is 9.37. The number of rotatable bonds is 12. The number of ether oxygens (including phenoxy) is 1. The highest BCUT2D eigenvalue weighted by Crippen LogP contribution is 2.22. The summed E-state index contributed by atoms with van der Waals surface area (Å²) in [5.41, 5.74) is 0.927. The minimum Gasteiger partial charge on any atom is -0.508 e. The van der Waals surface area contributed by atoms with Crippen LogP contribution in [0, 0.1) is 11.8 Å². The van der Waals surface area contributed by atoms with Gasteiger partial charge in [0, 0.05) is 0 Å². The van der Waals surface area contributed by atoms with Crippen LogP contribution in [0.1, 0.15) is 83.1 Å². The van der Waals surface area contributed by atoms with Crippen molar-refractivity contribution in [3.63, 3.8) is 0 Å². The molecule has 0 bridgehead atoms. The molecular weight excluding hydrogens is 312 g/mol. The summed E-state index contributed by atoms with van der Waals surface area (Å²) in [7, 11) is 0. The van der Waals surface area contributed by atoms with Gasteiger partial charge in [0.25, 0.3) is 0 Å². The minimum absolute atomic E-state index is 0.184. The first-order chi connectivity index (χ1) is 12.2. The molecular formula is C22H32O3. The topological polar surface area (TPSA) is 46.5 Å².